The number of hydrogen-bond acceptors (Lipinski definition) is 7. The lowest BCUT2D eigenvalue weighted by Crippen LogP contribution is -2.30. The molecule has 0 unspecified atom stereocenters. The zero-order valence-corrected chi connectivity index (χ0v) is 20.1. The zero-order valence-electron chi connectivity index (χ0n) is 17.8. The Hall–Kier alpha value is -3.80. The number of hydrogen-bond donors (Lipinski definition) is 3. The number of aromatic hydroxyl groups is 1. The number of rotatable bonds is 6. The van der Waals surface area contributed by atoms with Crippen molar-refractivity contribution in [2.45, 2.75) is 11.8 Å². The summed E-state index contributed by atoms with van der Waals surface area (Å²) in [6.45, 7) is 1.86. The Kier molecular flexibility index (Phi) is 6.57. The highest BCUT2D eigenvalue weighted by Gasteiger charge is 2.21. The van der Waals surface area contributed by atoms with Crippen LogP contribution in [0, 0.1) is 6.92 Å². The lowest BCUT2D eigenvalue weighted by molar-refractivity contribution is 0.449. The third-order valence-electron chi connectivity index (χ3n) is 4.69. The molecule has 0 aliphatic rings. The second-order valence-corrected chi connectivity index (χ2v) is 9.76. The van der Waals surface area contributed by atoms with Crippen molar-refractivity contribution >= 4 is 38.9 Å². The van der Waals surface area contributed by atoms with Gasteiger partial charge in [0.15, 0.2) is 5.75 Å². The third-order valence-corrected chi connectivity index (χ3v) is 6.66. The Morgan fingerprint density at radius 1 is 1.03 bits per heavy atom. The summed E-state index contributed by atoms with van der Waals surface area (Å²) in [4.78, 5) is 24.9. The molecule has 10 nitrogen and oxygen atoms in total. The highest BCUT2D eigenvalue weighted by atomic mass is 35.5. The topological polar surface area (TPSA) is 143 Å². The number of halogens is 2. The van der Waals surface area contributed by atoms with E-state index in [-0.39, 0.29) is 27.2 Å². The summed E-state index contributed by atoms with van der Waals surface area (Å²) in [7, 11) is -4.16. The SMILES string of the molecule is Cc1ccc(NS(=O)(=O)c2cc(Oc3c(Cl)cc(-n4ncc(=O)[nH]c4=O)cc3Cl)ccc2O)cc1. The van der Waals surface area contributed by atoms with E-state index in [4.69, 9.17) is 27.9 Å². The fourth-order valence-corrected chi connectivity index (χ4v) is 4.75. The maximum atomic E-state index is 12.9. The number of phenolic OH excluding ortho intramolecular Hbond substituents is 1. The van der Waals surface area contributed by atoms with Crippen LogP contribution in [0.15, 0.2) is 75.3 Å². The number of ether oxygens (including phenoxy) is 1. The van der Waals surface area contributed by atoms with Gasteiger partial charge in [0.2, 0.25) is 0 Å². The predicted octanol–water partition coefficient (Wildman–Crippen LogP) is 3.83. The summed E-state index contributed by atoms with van der Waals surface area (Å²) in [6, 6.07) is 12.9. The van der Waals surface area contributed by atoms with Crippen molar-refractivity contribution in [3.8, 4) is 22.9 Å². The normalized spacial score (nSPS) is 11.3. The molecule has 0 bridgehead atoms. The van der Waals surface area contributed by atoms with E-state index in [0.29, 0.717) is 5.69 Å². The number of benzene rings is 3. The van der Waals surface area contributed by atoms with Gasteiger partial charge in [0.1, 0.15) is 22.6 Å². The first-order valence-corrected chi connectivity index (χ1v) is 12.1. The Bertz CT molecular complexity index is 1630. The predicted molar refractivity (Wildman–Crippen MR) is 131 cm³/mol. The highest BCUT2D eigenvalue weighted by Crippen LogP contribution is 2.39. The Labute approximate surface area is 208 Å². The van der Waals surface area contributed by atoms with Gasteiger partial charge in [-0.25, -0.2) is 13.2 Å². The van der Waals surface area contributed by atoms with Gasteiger partial charge in [0.05, 0.1) is 15.7 Å². The lowest BCUT2D eigenvalue weighted by atomic mass is 10.2. The highest BCUT2D eigenvalue weighted by molar-refractivity contribution is 7.92. The van der Waals surface area contributed by atoms with E-state index in [0.717, 1.165) is 28.6 Å². The molecule has 0 atom stereocenters. The van der Waals surface area contributed by atoms with Crippen molar-refractivity contribution in [3.05, 3.63) is 97.2 Å². The molecular formula is C22H16Cl2N4O6S. The molecule has 0 amide bonds. The molecule has 0 radical (unpaired) electrons. The fourth-order valence-electron chi connectivity index (χ4n) is 3.03. The van der Waals surface area contributed by atoms with Crippen molar-refractivity contribution in [1.82, 2.24) is 14.8 Å². The van der Waals surface area contributed by atoms with Crippen LogP contribution in [0.25, 0.3) is 5.69 Å². The molecule has 4 rings (SSSR count). The molecule has 1 aromatic heterocycles. The molecule has 3 aromatic carbocycles. The number of aromatic nitrogens is 3. The molecule has 0 aliphatic heterocycles. The van der Waals surface area contributed by atoms with Gasteiger partial charge in [-0.2, -0.15) is 9.78 Å². The molecule has 1 heterocycles. The average molecular weight is 535 g/mol. The number of sulfonamides is 1. The third kappa shape index (κ3) is 5.32. The van der Waals surface area contributed by atoms with Crippen LogP contribution in [0.4, 0.5) is 5.69 Å². The molecule has 0 saturated heterocycles. The number of nitrogens with one attached hydrogen (secondary N) is 2. The van der Waals surface area contributed by atoms with Gasteiger partial charge in [-0.15, -0.1) is 0 Å². The molecule has 0 saturated carbocycles. The van der Waals surface area contributed by atoms with Crippen molar-refractivity contribution in [2.75, 3.05) is 4.72 Å². The molecule has 3 N–H and O–H groups in total. The number of phenols is 1. The number of aryl methyl sites for hydroxylation is 1. The quantitative estimate of drug-likeness (QED) is 0.341. The van der Waals surface area contributed by atoms with Crippen LogP contribution in [-0.2, 0) is 10.0 Å². The summed E-state index contributed by atoms with van der Waals surface area (Å²) in [6.07, 6.45) is 0.913. The summed E-state index contributed by atoms with van der Waals surface area (Å²) in [5, 5.41) is 13.9. The summed E-state index contributed by atoms with van der Waals surface area (Å²) >= 11 is 12.6. The van der Waals surface area contributed by atoms with Gasteiger partial charge in [-0.05, 0) is 43.3 Å². The van der Waals surface area contributed by atoms with Crippen LogP contribution in [0.2, 0.25) is 10.0 Å². The maximum absolute atomic E-state index is 12.9. The molecule has 13 heteroatoms. The van der Waals surface area contributed by atoms with Crippen LogP contribution in [0.1, 0.15) is 5.56 Å². The van der Waals surface area contributed by atoms with Gasteiger partial charge in [-0.1, -0.05) is 40.9 Å². The van der Waals surface area contributed by atoms with Crippen molar-refractivity contribution in [2.24, 2.45) is 0 Å². The second-order valence-electron chi connectivity index (χ2n) is 7.29. The largest absolute Gasteiger partial charge is 0.507 e. The Morgan fingerprint density at radius 3 is 2.31 bits per heavy atom. The van der Waals surface area contributed by atoms with Crippen LogP contribution in [-0.4, -0.2) is 28.3 Å². The van der Waals surface area contributed by atoms with Crippen LogP contribution >= 0.6 is 23.2 Å². The summed E-state index contributed by atoms with van der Waals surface area (Å²) < 4.78 is 34.7. The van der Waals surface area contributed by atoms with Crippen LogP contribution in [0.3, 0.4) is 0 Å². The summed E-state index contributed by atoms with van der Waals surface area (Å²) in [5.41, 5.74) is -0.0442. The van der Waals surface area contributed by atoms with Crippen LogP contribution in [0.5, 0.6) is 17.2 Å². The van der Waals surface area contributed by atoms with Gasteiger partial charge < -0.3 is 9.84 Å². The van der Waals surface area contributed by atoms with E-state index in [1.54, 1.807) is 24.3 Å². The smallest absolute Gasteiger partial charge is 0.349 e. The van der Waals surface area contributed by atoms with Crippen molar-refractivity contribution < 1.29 is 18.3 Å². The summed E-state index contributed by atoms with van der Waals surface area (Å²) in [5.74, 6) is -0.508. The zero-order chi connectivity index (χ0) is 25.3. The van der Waals surface area contributed by atoms with Gasteiger partial charge in [0.25, 0.3) is 15.6 Å². The van der Waals surface area contributed by atoms with E-state index in [9.17, 15) is 23.1 Å². The van der Waals surface area contributed by atoms with Crippen molar-refractivity contribution in [3.63, 3.8) is 0 Å². The number of aromatic amines is 1. The minimum absolute atomic E-state index is 0.0166. The van der Waals surface area contributed by atoms with E-state index in [2.05, 4.69) is 14.8 Å². The number of anilines is 1. The second kappa shape index (κ2) is 9.45. The average Bonchev–Trinajstić information content (AvgIpc) is 2.78. The molecule has 35 heavy (non-hydrogen) atoms. The van der Waals surface area contributed by atoms with Crippen LogP contribution < -0.4 is 20.7 Å². The maximum Gasteiger partial charge on any atom is 0.349 e. The minimum Gasteiger partial charge on any atom is -0.507 e. The fraction of sp³-hybridized carbons (Fsp3) is 0.0455. The van der Waals surface area contributed by atoms with E-state index >= 15 is 0 Å². The first-order chi connectivity index (χ1) is 16.5. The van der Waals surface area contributed by atoms with E-state index in [1.807, 2.05) is 6.92 Å². The Morgan fingerprint density at radius 2 is 1.69 bits per heavy atom. The standard InChI is InChI=1S/C22H16Cl2N4O6S/c1-12-2-4-13(5-3-12)27-35(32,33)19-10-15(6-7-18(19)29)34-21-16(23)8-14(9-17(21)24)28-22(31)26-20(30)11-25-28/h2-11,27,29H,1H3,(H,26,30,31). The van der Waals surface area contributed by atoms with Gasteiger partial charge >= 0.3 is 5.69 Å². The minimum atomic E-state index is -4.16. The first-order valence-electron chi connectivity index (χ1n) is 9.82. The van der Waals surface area contributed by atoms with Gasteiger partial charge in [-0.3, -0.25) is 14.5 Å². The lowest BCUT2D eigenvalue weighted by Gasteiger charge is -2.14. The molecule has 4 aromatic rings. The molecule has 0 spiro atoms. The molecular weight excluding hydrogens is 519 g/mol. The molecule has 180 valence electrons. The number of nitrogens with zero attached hydrogens (tertiary/aromatic N) is 2. The monoisotopic (exact) mass is 534 g/mol. The first kappa shape index (κ1) is 24.3. The molecule has 0 aliphatic carbocycles. The van der Waals surface area contributed by atoms with Gasteiger partial charge in [0, 0.05) is 11.8 Å². The van der Waals surface area contributed by atoms with Crippen molar-refractivity contribution in [1.29, 1.82) is 0 Å². The van der Waals surface area contributed by atoms with E-state index in [1.165, 1.54) is 18.2 Å². The molecule has 0 fully saturated rings. The Balaban J connectivity index is 1.66. The number of H-pyrrole nitrogens is 1. The van der Waals surface area contributed by atoms with E-state index < -0.39 is 31.9 Å².